The number of carbonyl (C=O) groups is 1. The van der Waals surface area contributed by atoms with Crippen molar-refractivity contribution < 1.29 is 18.7 Å². The SMILES string of the molecule is COC(=O)COc1ccc2c(=O)c(-c3ccc(Cl)cc3)coc2c1. The molecule has 0 atom stereocenters. The van der Waals surface area contributed by atoms with Gasteiger partial charge in [-0.25, -0.2) is 4.79 Å². The van der Waals surface area contributed by atoms with Crippen LogP contribution < -0.4 is 10.2 Å². The van der Waals surface area contributed by atoms with E-state index in [1.54, 1.807) is 42.5 Å². The monoisotopic (exact) mass is 344 g/mol. The van der Waals surface area contributed by atoms with Gasteiger partial charge in [0.1, 0.15) is 17.6 Å². The first-order valence-corrected chi connectivity index (χ1v) is 7.47. The molecule has 0 aliphatic heterocycles. The Bertz CT molecular complexity index is 944. The Labute approximate surface area is 142 Å². The lowest BCUT2D eigenvalue weighted by atomic mass is 10.1. The van der Waals surface area contributed by atoms with Crippen molar-refractivity contribution in [2.45, 2.75) is 0 Å². The molecule has 6 heteroatoms. The number of hydrogen-bond acceptors (Lipinski definition) is 5. The molecule has 24 heavy (non-hydrogen) atoms. The van der Waals surface area contributed by atoms with Crippen molar-refractivity contribution in [1.29, 1.82) is 0 Å². The Kier molecular flexibility index (Phi) is 4.53. The lowest BCUT2D eigenvalue weighted by Crippen LogP contribution is -2.12. The molecule has 1 heterocycles. The van der Waals surface area contributed by atoms with Crippen LogP contribution in [0.25, 0.3) is 22.1 Å². The molecule has 0 radical (unpaired) electrons. The summed E-state index contributed by atoms with van der Waals surface area (Å²) in [5, 5.41) is 1.02. The molecule has 0 unspecified atom stereocenters. The number of carbonyl (C=O) groups excluding carboxylic acids is 1. The topological polar surface area (TPSA) is 65.7 Å². The van der Waals surface area contributed by atoms with Crippen molar-refractivity contribution in [2.24, 2.45) is 0 Å². The smallest absolute Gasteiger partial charge is 0.343 e. The fraction of sp³-hybridized carbons (Fsp3) is 0.111. The molecular formula is C18H13ClO5. The van der Waals surface area contributed by atoms with Crippen LogP contribution in [0.1, 0.15) is 0 Å². The third-order valence-corrected chi connectivity index (χ3v) is 3.74. The third-order valence-electron chi connectivity index (χ3n) is 3.49. The summed E-state index contributed by atoms with van der Waals surface area (Å²) in [5.74, 6) is -0.0788. The molecule has 3 rings (SSSR count). The molecule has 122 valence electrons. The van der Waals surface area contributed by atoms with E-state index in [-0.39, 0.29) is 12.0 Å². The second kappa shape index (κ2) is 6.76. The first kappa shape index (κ1) is 16.1. The molecule has 0 spiro atoms. The predicted octanol–water partition coefficient (Wildman–Crippen LogP) is 3.67. The van der Waals surface area contributed by atoms with E-state index in [1.807, 2.05) is 0 Å². The maximum absolute atomic E-state index is 12.6. The van der Waals surface area contributed by atoms with Crippen molar-refractivity contribution >= 4 is 28.5 Å². The van der Waals surface area contributed by atoms with E-state index in [1.165, 1.54) is 13.4 Å². The van der Waals surface area contributed by atoms with Gasteiger partial charge in [0.2, 0.25) is 0 Å². The number of hydrogen-bond donors (Lipinski definition) is 0. The molecular weight excluding hydrogens is 332 g/mol. The van der Waals surface area contributed by atoms with Crippen LogP contribution >= 0.6 is 11.6 Å². The predicted molar refractivity (Wildman–Crippen MR) is 90.4 cm³/mol. The Morgan fingerprint density at radius 3 is 2.62 bits per heavy atom. The van der Waals surface area contributed by atoms with E-state index in [4.69, 9.17) is 20.8 Å². The average Bonchev–Trinajstić information content (AvgIpc) is 2.61. The lowest BCUT2D eigenvalue weighted by Gasteiger charge is -2.06. The number of halogens is 1. The quantitative estimate of drug-likeness (QED) is 0.676. The molecule has 2 aromatic carbocycles. The van der Waals surface area contributed by atoms with Crippen LogP contribution in [0, 0.1) is 0 Å². The van der Waals surface area contributed by atoms with Gasteiger partial charge in [0.05, 0.1) is 18.1 Å². The Balaban J connectivity index is 1.96. The largest absolute Gasteiger partial charge is 0.482 e. The van der Waals surface area contributed by atoms with E-state index in [0.717, 1.165) is 5.56 Å². The normalized spacial score (nSPS) is 10.6. The molecule has 1 aromatic heterocycles. The maximum atomic E-state index is 12.6. The molecule has 0 bridgehead atoms. The van der Waals surface area contributed by atoms with Crippen molar-refractivity contribution in [3.05, 3.63) is 64.0 Å². The molecule has 0 saturated heterocycles. The van der Waals surface area contributed by atoms with Gasteiger partial charge in [0.15, 0.2) is 12.0 Å². The van der Waals surface area contributed by atoms with E-state index in [0.29, 0.717) is 27.3 Å². The average molecular weight is 345 g/mol. The number of rotatable bonds is 4. The molecule has 0 amide bonds. The molecule has 3 aromatic rings. The minimum absolute atomic E-state index is 0.155. The van der Waals surface area contributed by atoms with Crippen LogP contribution in [0.4, 0.5) is 0 Å². The van der Waals surface area contributed by atoms with Crippen molar-refractivity contribution in [3.8, 4) is 16.9 Å². The zero-order valence-electron chi connectivity index (χ0n) is 12.7. The Morgan fingerprint density at radius 1 is 1.17 bits per heavy atom. The van der Waals surface area contributed by atoms with Gasteiger partial charge in [-0.2, -0.15) is 0 Å². The van der Waals surface area contributed by atoms with Gasteiger partial charge < -0.3 is 13.9 Å². The first-order valence-electron chi connectivity index (χ1n) is 7.09. The standard InChI is InChI=1S/C18H13ClO5/c1-22-17(20)10-23-13-6-7-14-16(8-13)24-9-15(18(14)21)11-2-4-12(19)5-3-11/h2-9H,10H2,1H3. The number of methoxy groups -OCH3 is 1. The summed E-state index contributed by atoms with van der Waals surface area (Å²) in [4.78, 5) is 23.7. The molecule has 0 N–H and O–H groups in total. The van der Waals surface area contributed by atoms with Crippen molar-refractivity contribution in [3.63, 3.8) is 0 Å². The van der Waals surface area contributed by atoms with Crippen LogP contribution in [0.3, 0.4) is 0 Å². The summed E-state index contributed by atoms with van der Waals surface area (Å²) in [6.45, 7) is -0.213. The second-order valence-electron chi connectivity index (χ2n) is 5.01. The lowest BCUT2D eigenvalue weighted by molar-refractivity contribution is -0.142. The van der Waals surface area contributed by atoms with Crippen LogP contribution in [0.5, 0.6) is 5.75 Å². The number of fused-ring (bicyclic) bond motifs is 1. The molecule has 0 saturated carbocycles. The minimum atomic E-state index is -0.491. The highest BCUT2D eigenvalue weighted by Gasteiger charge is 2.11. The van der Waals surface area contributed by atoms with Crippen LogP contribution in [0.2, 0.25) is 5.02 Å². The van der Waals surface area contributed by atoms with Gasteiger partial charge >= 0.3 is 5.97 Å². The Morgan fingerprint density at radius 2 is 1.92 bits per heavy atom. The van der Waals surface area contributed by atoms with Gasteiger partial charge in [-0.15, -0.1) is 0 Å². The zero-order valence-corrected chi connectivity index (χ0v) is 13.5. The van der Waals surface area contributed by atoms with Gasteiger partial charge in [-0.3, -0.25) is 4.79 Å². The van der Waals surface area contributed by atoms with E-state index in [2.05, 4.69) is 4.74 Å². The second-order valence-corrected chi connectivity index (χ2v) is 5.44. The summed E-state index contributed by atoms with van der Waals surface area (Å²) in [7, 11) is 1.28. The number of benzene rings is 2. The van der Waals surface area contributed by atoms with Crippen LogP contribution in [0.15, 0.2) is 57.9 Å². The highest BCUT2D eigenvalue weighted by Crippen LogP contribution is 2.24. The third kappa shape index (κ3) is 3.26. The molecule has 0 aliphatic rings. The van der Waals surface area contributed by atoms with Crippen LogP contribution in [-0.2, 0) is 9.53 Å². The number of esters is 1. The summed E-state index contributed by atoms with van der Waals surface area (Å²) in [5.41, 5.74) is 1.39. The zero-order chi connectivity index (χ0) is 17.1. The summed E-state index contributed by atoms with van der Waals surface area (Å²) >= 11 is 5.87. The van der Waals surface area contributed by atoms with Crippen LogP contribution in [-0.4, -0.2) is 19.7 Å². The van der Waals surface area contributed by atoms with Gasteiger partial charge in [0, 0.05) is 11.1 Å². The summed E-state index contributed by atoms with van der Waals surface area (Å²) < 4.78 is 15.3. The molecule has 5 nitrogen and oxygen atoms in total. The van der Waals surface area contributed by atoms with Crippen molar-refractivity contribution in [1.82, 2.24) is 0 Å². The Hall–Kier alpha value is -2.79. The van der Waals surface area contributed by atoms with Gasteiger partial charge in [-0.1, -0.05) is 23.7 Å². The minimum Gasteiger partial charge on any atom is -0.482 e. The summed E-state index contributed by atoms with van der Waals surface area (Å²) in [6.07, 6.45) is 1.40. The van der Waals surface area contributed by atoms with Gasteiger partial charge in [0.25, 0.3) is 0 Å². The first-order chi connectivity index (χ1) is 11.6. The highest BCUT2D eigenvalue weighted by atomic mass is 35.5. The summed E-state index contributed by atoms with van der Waals surface area (Å²) in [6, 6.07) is 11.7. The molecule has 0 fully saturated rings. The fourth-order valence-corrected chi connectivity index (χ4v) is 2.35. The molecule has 0 aliphatic carbocycles. The highest BCUT2D eigenvalue weighted by molar-refractivity contribution is 6.30. The van der Waals surface area contributed by atoms with E-state index >= 15 is 0 Å². The van der Waals surface area contributed by atoms with E-state index < -0.39 is 5.97 Å². The van der Waals surface area contributed by atoms with Crippen molar-refractivity contribution in [2.75, 3.05) is 13.7 Å². The van der Waals surface area contributed by atoms with E-state index in [9.17, 15) is 9.59 Å². The maximum Gasteiger partial charge on any atom is 0.343 e. The van der Waals surface area contributed by atoms with Gasteiger partial charge in [-0.05, 0) is 29.8 Å². The fourth-order valence-electron chi connectivity index (χ4n) is 2.23. The number of ether oxygens (including phenoxy) is 2.